The summed E-state index contributed by atoms with van der Waals surface area (Å²) in [6.45, 7) is 0. The summed E-state index contributed by atoms with van der Waals surface area (Å²) in [5.74, 6) is -1.43. The summed E-state index contributed by atoms with van der Waals surface area (Å²) in [7, 11) is 0. The molecular weight excluding hydrogens is 313 g/mol. The second-order valence-electron chi connectivity index (χ2n) is 2.66. The van der Waals surface area contributed by atoms with Crippen molar-refractivity contribution in [3.8, 4) is 0 Å². The normalized spacial score (nSPS) is 11.0. The fourth-order valence-corrected chi connectivity index (χ4v) is 2.00. The Kier molecular flexibility index (Phi) is 2.79. The summed E-state index contributed by atoms with van der Waals surface area (Å²) in [6.07, 6.45) is 0. The standard InChI is InChI=1S/C8HBrCl2F2N2/c9-2-1-3(12)4-6(5(2)13)14-8(11)15-7(4)10/h1H. The first kappa shape index (κ1) is 11.0. The molecule has 0 fully saturated rings. The van der Waals surface area contributed by atoms with Crippen molar-refractivity contribution in [1.82, 2.24) is 9.97 Å². The van der Waals surface area contributed by atoms with Gasteiger partial charge in [-0.2, -0.15) is 0 Å². The van der Waals surface area contributed by atoms with Crippen LogP contribution in [-0.2, 0) is 0 Å². The average Bonchev–Trinajstić information content (AvgIpc) is 2.12. The minimum Gasteiger partial charge on any atom is -0.215 e. The van der Waals surface area contributed by atoms with Crippen LogP contribution in [0.15, 0.2) is 10.5 Å². The Labute approximate surface area is 101 Å². The van der Waals surface area contributed by atoms with Gasteiger partial charge in [0.1, 0.15) is 16.5 Å². The summed E-state index contributed by atoms with van der Waals surface area (Å²) < 4.78 is 26.9. The van der Waals surface area contributed by atoms with E-state index in [0.717, 1.165) is 6.07 Å². The molecule has 0 saturated carbocycles. The summed E-state index contributed by atoms with van der Waals surface area (Å²) in [5.41, 5.74) is -0.244. The van der Waals surface area contributed by atoms with Gasteiger partial charge in [0, 0.05) is 0 Å². The summed E-state index contributed by atoms with van der Waals surface area (Å²) >= 11 is 14.0. The van der Waals surface area contributed by atoms with E-state index in [1.54, 1.807) is 0 Å². The van der Waals surface area contributed by atoms with Crippen molar-refractivity contribution in [2.45, 2.75) is 0 Å². The van der Waals surface area contributed by atoms with Crippen LogP contribution in [-0.4, -0.2) is 9.97 Å². The van der Waals surface area contributed by atoms with Crippen molar-refractivity contribution in [3.05, 3.63) is 32.6 Å². The first-order valence-corrected chi connectivity index (χ1v) is 5.22. The van der Waals surface area contributed by atoms with Crippen LogP contribution < -0.4 is 0 Å². The van der Waals surface area contributed by atoms with Crippen LogP contribution in [0.3, 0.4) is 0 Å². The fraction of sp³-hybridized carbons (Fsp3) is 0. The predicted molar refractivity (Wildman–Crippen MR) is 57.2 cm³/mol. The van der Waals surface area contributed by atoms with Crippen LogP contribution in [0.2, 0.25) is 10.4 Å². The number of hydrogen-bond acceptors (Lipinski definition) is 2. The van der Waals surface area contributed by atoms with E-state index in [0.29, 0.717) is 0 Å². The minimum absolute atomic E-state index is 0.0432. The number of rotatable bonds is 0. The Hall–Kier alpha value is -0.520. The SMILES string of the molecule is Fc1c(Br)cc(F)c2c(Cl)nc(Cl)nc12. The zero-order valence-corrected chi connectivity index (χ0v) is 9.96. The quantitative estimate of drug-likeness (QED) is 0.418. The van der Waals surface area contributed by atoms with Crippen LogP contribution in [0.5, 0.6) is 0 Å². The molecule has 0 aliphatic rings. The van der Waals surface area contributed by atoms with Gasteiger partial charge in [-0.15, -0.1) is 0 Å². The van der Waals surface area contributed by atoms with Crippen molar-refractivity contribution in [2.75, 3.05) is 0 Å². The third-order valence-corrected chi connectivity index (χ3v) is 2.77. The number of hydrogen-bond donors (Lipinski definition) is 0. The molecule has 1 heterocycles. The zero-order valence-electron chi connectivity index (χ0n) is 6.86. The molecule has 0 spiro atoms. The first-order valence-electron chi connectivity index (χ1n) is 3.67. The lowest BCUT2D eigenvalue weighted by Crippen LogP contribution is -1.94. The molecule has 1 aromatic carbocycles. The van der Waals surface area contributed by atoms with Crippen molar-refractivity contribution in [1.29, 1.82) is 0 Å². The lowest BCUT2D eigenvalue weighted by Gasteiger charge is -2.04. The third-order valence-electron chi connectivity index (χ3n) is 1.75. The number of aromatic nitrogens is 2. The minimum atomic E-state index is -0.724. The second kappa shape index (κ2) is 3.81. The van der Waals surface area contributed by atoms with Crippen molar-refractivity contribution >= 4 is 50.0 Å². The van der Waals surface area contributed by atoms with Crippen LogP contribution >= 0.6 is 39.1 Å². The second-order valence-corrected chi connectivity index (χ2v) is 4.21. The maximum Gasteiger partial charge on any atom is 0.224 e. The van der Waals surface area contributed by atoms with E-state index in [-0.39, 0.29) is 25.8 Å². The molecular formula is C8HBrCl2F2N2. The molecule has 2 aromatic rings. The predicted octanol–water partition coefficient (Wildman–Crippen LogP) is 3.98. The topological polar surface area (TPSA) is 25.8 Å². The van der Waals surface area contributed by atoms with E-state index in [4.69, 9.17) is 23.2 Å². The van der Waals surface area contributed by atoms with E-state index < -0.39 is 11.6 Å². The van der Waals surface area contributed by atoms with E-state index in [2.05, 4.69) is 25.9 Å². The van der Waals surface area contributed by atoms with E-state index in [1.807, 2.05) is 0 Å². The molecule has 0 bridgehead atoms. The lowest BCUT2D eigenvalue weighted by molar-refractivity contribution is 0.609. The Morgan fingerprint density at radius 2 is 1.87 bits per heavy atom. The van der Waals surface area contributed by atoms with Crippen LogP contribution in [0.4, 0.5) is 8.78 Å². The lowest BCUT2D eigenvalue weighted by atomic mass is 10.2. The maximum atomic E-state index is 13.5. The molecule has 78 valence electrons. The highest BCUT2D eigenvalue weighted by Crippen LogP contribution is 2.30. The van der Waals surface area contributed by atoms with Gasteiger partial charge in [0.15, 0.2) is 5.82 Å². The molecule has 7 heteroatoms. The van der Waals surface area contributed by atoms with E-state index >= 15 is 0 Å². The van der Waals surface area contributed by atoms with Crippen molar-refractivity contribution < 1.29 is 8.78 Å². The van der Waals surface area contributed by atoms with Crippen LogP contribution in [0.25, 0.3) is 10.9 Å². The molecule has 0 atom stereocenters. The molecule has 15 heavy (non-hydrogen) atoms. The Bertz CT molecular complexity index is 554. The summed E-state index contributed by atoms with van der Waals surface area (Å²) in [6, 6.07) is 0.959. The Balaban J connectivity index is 3.02. The van der Waals surface area contributed by atoms with E-state index in [1.165, 1.54) is 0 Å². The van der Waals surface area contributed by atoms with Gasteiger partial charge in [0.05, 0.1) is 9.86 Å². The molecule has 2 nitrogen and oxygen atoms in total. The Morgan fingerprint density at radius 3 is 2.53 bits per heavy atom. The van der Waals surface area contributed by atoms with Crippen molar-refractivity contribution in [2.24, 2.45) is 0 Å². The molecule has 0 amide bonds. The smallest absolute Gasteiger partial charge is 0.215 e. The van der Waals surface area contributed by atoms with Gasteiger partial charge in [-0.25, -0.2) is 18.7 Å². The molecule has 0 N–H and O–H groups in total. The molecule has 0 unspecified atom stereocenters. The van der Waals surface area contributed by atoms with Gasteiger partial charge in [-0.05, 0) is 33.6 Å². The largest absolute Gasteiger partial charge is 0.224 e. The van der Waals surface area contributed by atoms with Gasteiger partial charge < -0.3 is 0 Å². The Morgan fingerprint density at radius 1 is 1.20 bits per heavy atom. The fourth-order valence-electron chi connectivity index (χ4n) is 1.14. The number of benzene rings is 1. The van der Waals surface area contributed by atoms with Gasteiger partial charge in [-0.3, -0.25) is 0 Å². The molecule has 0 saturated heterocycles. The molecule has 0 aliphatic heterocycles. The third kappa shape index (κ3) is 1.79. The van der Waals surface area contributed by atoms with Crippen molar-refractivity contribution in [3.63, 3.8) is 0 Å². The van der Waals surface area contributed by atoms with Crippen LogP contribution in [0.1, 0.15) is 0 Å². The zero-order chi connectivity index (χ0) is 11.2. The van der Waals surface area contributed by atoms with Gasteiger partial charge >= 0.3 is 0 Å². The molecule has 2 rings (SSSR count). The molecule has 0 radical (unpaired) electrons. The maximum absolute atomic E-state index is 13.5. The highest BCUT2D eigenvalue weighted by Gasteiger charge is 2.16. The van der Waals surface area contributed by atoms with Gasteiger partial charge in [0.2, 0.25) is 5.28 Å². The van der Waals surface area contributed by atoms with Gasteiger partial charge in [0.25, 0.3) is 0 Å². The summed E-state index contributed by atoms with van der Waals surface area (Å²) in [4.78, 5) is 7.11. The number of fused-ring (bicyclic) bond motifs is 1. The molecule has 0 aliphatic carbocycles. The van der Waals surface area contributed by atoms with Gasteiger partial charge in [-0.1, -0.05) is 11.6 Å². The number of nitrogens with zero attached hydrogens (tertiary/aromatic N) is 2. The van der Waals surface area contributed by atoms with Crippen LogP contribution in [0, 0.1) is 11.6 Å². The average molecular weight is 314 g/mol. The highest BCUT2D eigenvalue weighted by atomic mass is 79.9. The highest BCUT2D eigenvalue weighted by molar-refractivity contribution is 9.10. The first-order chi connectivity index (χ1) is 7.00. The summed E-state index contributed by atoms with van der Waals surface area (Å²) in [5, 5.41) is -0.625. The number of halogens is 5. The molecule has 1 aromatic heterocycles. The van der Waals surface area contributed by atoms with E-state index in [9.17, 15) is 8.78 Å². The monoisotopic (exact) mass is 312 g/mol.